The number of hydrogen-bond donors (Lipinski definition) is 2. The fourth-order valence-corrected chi connectivity index (χ4v) is 2.32. The van der Waals surface area contributed by atoms with Crippen LogP contribution in [0.1, 0.15) is 27.2 Å². The van der Waals surface area contributed by atoms with Crippen LogP contribution in [0.4, 0.5) is 0 Å². The van der Waals surface area contributed by atoms with Crippen LogP contribution in [0.3, 0.4) is 0 Å². The molecular weight excluding hydrogens is 234 g/mol. The van der Waals surface area contributed by atoms with Gasteiger partial charge in [0.25, 0.3) is 5.91 Å². The highest BCUT2D eigenvalue weighted by atomic mass is 16.5. The quantitative estimate of drug-likeness (QED) is 0.530. The van der Waals surface area contributed by atoms with Crippen molar-refractivity contribution in [2.45, 2.75) is 38.9 Å². The molecule has 2 aliphatic heterocycles. The lowest BCUT2D eigenvalue weighted by molar-refractivity contribution is -0.150. The second-order valence-corrected chi connectivity index (χ2v) is 5.04. The van der Waals surface area contributed by atoms with Gasteiger partial charge in [-0.05, 0) is 38.8 Å². The number of ketones is 1. The molecule has 1 fully saturated rings. The number of rotatable bonds is 1. The maximum atomic E-state index is 12.2. The monoisotopic (exact) mass is 251 g/mol. The molecule has 5 nitrogen and oxygen atoms in total. The molecular formula is C13H17NO4. The Bertz CT molecular complexity index is 462. The molecule has 0 aromatic carbocycles. The highest BCUT2D eigenvalue weighted by Crippen LogP contribution is 2.34. The van der Waals surface area contributed by atoms with Crippen LogP contribution in [-0.4, -0.2) is 28.5 Å². The molecule has 98 valence electrons. The standard InChI is InChI=1S/C13H17NO4/c1-7(2)10-11(15)13(17,12(16)14-10)9-4-5-18-8(3)6-9/h4-5,8-9,17H,6H2,1-3H3,(H,14,16)/t8-,9-,13+/m1/s1. The van der Waals surface area contributed by atoms with Crippen LogP contribution in [-0.2, 0) is 14.3 Å². The predicted octanol–water partition coefficient (Wildman–Crippen LogP) is 0.649. The molecule has 2 N–H and O–H groups in total. The van der Waals surface area contributed by atoms with E-state index in [2.05, 4.69) is 5.32 Å². The molecule has 2 aliphatic rings. The van der Waals surface area contributed by atoms with E-state index in [1.807, 2.05) is 6.92 Å². The van der Waals surface area contributed by atoms with E-state index in [0.29, 0.717) is 12.0 Å². The molecule has 1 saturated heterocycles. The second-order valence-electron chi connectivity index (χ2n) is 5.04. The summed E-state index contributed by atoms with van der Waals surface area (Å²) in [7, 11) is 0. The van der Waals surface area contributed by atoms with E-state index in [1.165, 1.54) is 6.26 Å². The highest BCUT2D eigenvalue weighted by Gasteiger charge is 2.56. The summed E-state index contributed by atoms with van der Waals surface area (Å²) in [5.41, 5.74) is -1.11. The Morgan fingerprint density at radius 3 is 2.67 bits per heavy atom. The van der Waals surface area contributed by atoms with Crippen LogP contribution in [0.2, 0.25) is 0 Å². The molecule has 0 spiro atoms. The Morgan fingerprint density at radius 1 is 1.50 bits per heavy atom. The molecule has 2 rings (SSSR count). The van der Waals surface area contributed by atoms with Gasteiger partial charge in [0.2, 0.25) is 11.4 Å². The van der Waals surface area contributed by atoms with Gasteiger partial charge in [-0.15, -0.1) is 0 Å². The zero-order chi connectivity index (χ0) is 13.5. The van der Waals surface area contributed by atoms with Crippen molar-refractivity contribution in [3.05, 3.63) is 23.6 Å². The number of allylic oxidation sites excluding steroid dienone is 1. The first-order valence-corrected chi connectivity index (χ1v) is 5.95. The molecule has 1 amide bonds. The minimum absolute atomic E-state index is 0.125. The lowest BCUT2D eigenvalue weighted by Crippen LogP contribution is -2.50. The van der Waals surface area contributed by atoms with Gasteiger partial charge < -0.3 is 15.2 Å². The van der Waals surface area contributed by atoms with Crippen molar-refractivity contribution >= 4 is 11.7 Å². The molecule has 0 saturated carbocycles. The van der Waals surface area contributed by atoms with Crippen molar-refractivity contribution in [3.63, 3.8) is 0 Å². The summed E-state index contributed by atoms with van der Waals surface area (Å²) in [5.74, 6) is -1.74. The average molecular weight is 251 g/mol. The first-order chi connectivity index (χ1) is 8.37. The lowest BCUT2D eigenvalue weighted by Gasteiger charge is -2.30. The summed E-state index contributed by atoms with van der Waals surface area (Å²) < 4.78 is 5.21. The molecule has 0 radical (unpaired) electrons. The number of Topliss-reactive ketones (excluding diaryl/α,β-unsaturated/α-hetero) is 1. The SMILES string of the molecule is CC(C)=C1NC(=O)[C@](O)([C@@H]2C=CO[C@H](C)C2)C1=O. The van der Waals surface area contributed by atoms with Crippen molar-refractivity contribution in [1.29, 1.82) is 0 Å². The van der Waals surface area contributed by atoms with E-state index in [1.54, 1.807) is 19.9 Å². The number of hydrogen-bond acceptors (Lipinski definition) is 4. The maximum Gasteiger partial charge on any atom is 0.265 e. The van der Waals surface area contributed by atoms with Gasteiger partial charge >= 0.3 is 0 Å². The zero-order valence-electron chi connectivity index (χ0n) is 10.7. The fraction of sp³-hybridized carbons (Fsp3) is 0.538. The van der Waals surface area contributed by atoms with Crippen LogP contribution in [0, 0.1) is 5.92 Å². The van der Waals surface area contributed by atoms with Crippen molar-refractivity contribution in [2.75, 3.05) is 0 Å². The van der Waals surface area contributed by atoms with E-state index in [0.717, 1.165) is 0 Å². The number of nitrogens with one attached hydrogen (secondary N) is 1. The second kappa shape index (κ2) is 4.24. The molecule has 18 heavy (non-hydrogen) atoms. The van der Waals surface area contributed by atoms with Crippen molar-refractivity contribution in [3.8, 4) is 0 Å². The van der Waals surface area contributed by atoms with Crippen LogP contribution < -0.4 is 5.32 Å². The molecule has 0 aliphatic carbocycles. The van der Waals surface area contributed by atoms with Gasteiger partial charge in [0.1, 0.15) is 0 Å². The van der Waals surface area contributed by atoms with Crippen LogP contribution >= 0.6 is 0 Å². The van der Waals surface area contributed by atoms with Gasteiger partial charge in [-0.2, -0.15) is 0 Å². The van der Waals surface area contributed by atoms with Crippen molar-refractivity contribution in [2.24, 2.45) is 5.92 Å². The summed E-state index contributed by atoms with van der Waals surface area (Å²) in [6.07, 6.45) is 3.33. The van der Waals surface area contributed by atoms with Gasteiger partial charge in [-0.1, -0.05) is 0 Å². The summed E-state index contributed by atoms with van der Waals surface area (Å²) in [6.45, 7) is 5.28. The molecule has 5 heteroatoms. The van der Waals surface area contributed by atoms with Crippen molar-refractivity contribution in [1.82, 2.24) is 5.32 Å². The van der Waals surface area contributed by atoms with Crippen LogP contribution in [0.25, 0.3) is 0 Å². The Morgan fingerprint density at radius 2 is 2.17 bits per heavy atom. The number of carbonyl (C=O) groups is 2. The van der Waals surface area contributed by atoms with Crippen molar-refractivity contribution < 1.29 is 19.4 Å². The Labute approximate surface area is 106 Å². The summed E-state index contributed by atoms with van der Waals surface area (Å²) in [4.78, 5) is 24.2. The number of ether oxygens (including phenoxy) is 1. The maximum absolute atomic E-state index is 12.2. The van der Waals surface area contributed by atoms with Gasteiger partial charge in [0.05, 0.1) is 18.1 Å². The minimum atomic E-state index is -2.00. The van der Waals surface area contributed by atoms with E-state index in [4.69, 9.17) is 4.74 Å². The summed E-state index contributed by atoms with van der Waals surface area (Å²) in [5, 5.41) is 13.0. The molecule has 2 heterocycles. The Kier molecular flexibility index (Phi) is 3.02. The van der Waals surface area contributed by atoms with Gasteiger partial charge in [-0.25, -0.2) is 0 Å². The molecule has 0 bridgehead atoms. The number of carbonyl (C=O) groups excluding carboxylic acids is 2. The summed E-state index contributed by atoms with van der Waals surface area (Å²) >= 11 is 0. The zero-order valence-corrected chi connectivity index (χ0v) is 10.7. The Balaban J connectivity index is 2.39. The lowest BCUT2D eigenvalue weighted by atomic mass is 9.80. The molecule has 0 aromatic heterocycles. The smallest absolute Gasteiger partial charge is 0.265 e. The van der Waals surface area contributed by atoms with E-state index in [9.17, 15) is 14.7 Å². The fourth-order valence-electron chi connectivity index (χ4n) is 2.32. The third kappa shape index (κ3) is 1.75. The minimum Gasteiger partial charge on any atom is -0.499 e. The van der Waals surface area contributed by atoms with Gasteiger partial charge in [-0.3, -0.25) is 9.59 Å². The van der Waals surface area contributed by atoms with E-state index >= 15 is 0 Å². The summed E-state index contributed by atoms with van der Waals surface area (Å²) in [6, 6.07) is 0. The van der Waals surface area contributed by atoms with Gasteiger partial charge in [0.15, 0.2) is 0 Å². The molecule has 0 aromatic rings. The highest BCUT2D eigenvalue weighted by molar-refractivity contribution is 6.24. The van der Waals surface area contributed by atoms with E-state index < -0.39 is 23.2 Å². The first kappa shape index (κ1) is 12.8. The Hall–Kier alpha value is -1.62. The molecule has 3 atom stereocenters. The largest absolute Gasteiger partial charge is 0.499 e. The third-order valence-corrected chi connectivity index (χ3v) is 3.40. The van der Waals surface area contributed by atoms with E-state index in [-0.39, 0.29) is 11.8 Å². The predicted molar refractivity (Wildman–Crippen MR) is 64.3 cm³/mol. The normalized spacial score (nSPS) is 35.4. The van der Waals surface area contributed by atoms with Gasteiger partial charge in [0, 0.05) is 5.92 Å². The number of aliphatic hydroxyl groups is 1. The molecule has 0 unspecified atom stereocenters. The van der Waals surface area contributed by atoms with Crippen LogP contribution in [0.15, 0.2) is 23.6 Å². The average Bonchev–Trinajstić information content (AvgIpc) is 2.55. The topological polar surface area (TPSA) is 75.6 Å². The third-order valence-electron chi connectivity index (χ3n) is 3.40. The van der Waals surface area contributed by atoms with Crippen LogP contribution in [0.5, 0.6) is 0 Å². The number of amides is 1. The first-order valence-electron chi connectivity index (χ1n) is 5.95.